The van der Waals surface area contributed by atoms with E-state index in [-0.39, 0.29) is 5.91 Å². The lowest BCUT2D eigenvalue weighted by Gasteiger charge is -2.31. The molecule has 1 fully saturated rings. The Hall–Kier alpha value is -3.16. The van der Waals surface area contributed by atoms with Crippen molar-refractivity contribution in [1.82, 2.24) is 15.2 Å². The van der Waals surface area contributed by atoms with Crippen LogP contribution in [0.3, 0.4) is 0 Å². The first-order valence-electron chi connectivity index (χ1n) is 11.0. The smallest absolute Gasteiger partial charge is 0.251 e. The van der Waals surface area contributed by atoms with E-state index in [1.165, 1.54) is 6.39 Å². The van der Waals surface area contributed by atoms with E-state index in [0.717, 1.165) is 49.5 Å². The molecule has 1 aliphatic heterocycles. The molecule has 0 bridgehead atoms. The third-order valence-corrected chi connectivity index (χ3v) is 5.74. The van der Waals surface area contributed by atoms with Crippen LogP contribution in [0.4, 0.5) is 0 Å². The monoisotopic (exact) mass is 435 g/mol. The first-order chi connectivity index (χ1) is 15.7. The van der Waals surface area contributed by atoms with Crippen molar-refractivity contribution < 1.29 is 18.7 Å². The van der Waals surface area contributed by atoms with Crippen LogP contribution in [0.5, 0.6) is 5.75 Å². The van der Waals surface area contributed by atoms with E-state index in [4.69, 9.17) is 13.9 Å². The van der Waals surface area contributed by atoms with Crippen molar-refractivity contribution >= 4 is 5.91 Å². The summed E-state index contributed by atoms with van der Waals surface area (Å²) in [5, 5.41) is 2.96. The lowest BCUT2D eigenvalue weighted by atomic mass is 10.1. The van der Waals surface area contributed by atoms with Gasteiger partial charge in [0, 0.05) is 43.5 Å². The van der Waals surface area contributed by atoms with Gasteiger partial charge in [0.2, 0.25) is 0 Å². The molecule has 0 spiro atoms. The molecule has 0 atom stereocenters. The number of carbonyl (C=O) groups excluding carboxylic acids is 1. The number of carbonyl (C=O) groups is 1. The van der Waals surface area contributed by atoms with Crippen LogP contribution < -0.4 is 10.1 Å². The number of rotatable bonds is 9. The first kappa shape index (κ1) is 22.0. The van der Waals surface area contributed by atoms with Crippen LogP contribution >= 0.6 is 0 Å². The van der Waals surface area contributed by atoms with Crippen molar-refractivity contribution in [2.45, 2.75) is 25.4 Å². The standard InChI is InChI=1S/C25H29N3O4/c1-28(22-9-12-30-13-10-22)11-14-31-23-4-2-3-19(15-23)16-27-25(29)21-7-5-20(6-8-21)24-17-26-18-32-24/h2-8,15,17-18,22H,9-14,16H2,1H3,(H,27,29). The molecule has 3 aromatic rings. The van der Waals surface area contributed by atoms with Gasteiger partial charge in [-0.3, -0.25) is 9.69 Å². The molecule has 7 heteroatoms. The third-order valence-electron chi connectivity index (χ3n) is 5.74. The van der Waals surface area contributed by atoms with E-state index in [1.54, 1.807) is 18.3 Å². The minimum absolute atomic E-state index is 0.126. The largest absolute Gasteiger partial charge is 0.492 e. The average molecular weight is 436 g/mol. The third kappa shape index (κ3) is 5.96. The highest BCUT2D eigenvalue weighted by atomic mass is 16.5. The molecule has 2 heterocycles. The predicted molar refractivity (Wildman–Crippen MR) is 122 cm³/mol. The van der Waals surface area contributed by atoms with Gasteiger partial charge in [-0.1, -0.05) is 24.3 Å². The molecular formula is C25H29N3O4. The lowest BCUT2D eigenvalue weighted by molar-refractivity contribution is 0.0392. The molecule has 1 N–H and O–H groups in total. The summed E-state index contributed by atoms with van der Waals surface area (Å²) in [6.07, 6.45) is 5.19. The van der Waals surface area contributed by atoms with Crippen molar-refractivity contribution in [2.24, 2.45) is 0 Å². The second kappa shape index (κ2) is 10.9. The lowest BCUT2D eigenvalue weighted by Crippen LogP contribution is -2.38. The molecular weight excluding hydrogens is 406 g/mol. The maximum atomic E-state index is 12.5. The zero-order valence-corrected chi connectivity index (χ0v) is 18.3. The van der Waals surface area contributed by atoms with Crippen LogP contribution in [-0.4, -0.2) is 55.2 Å². The minimum atomic E-state index is -0.126. The number of benzene rings is 2. The number of nitrogens with zero attached hydrogens (tertiary/aromatic N) is 2. The Labute approximate surface area is 188 Å². The summed E-state index contributed by atoms with van der Waals surface area (Å²) in [6.45, 7) is 3.61. The Morgan fingerprint density at radius 2 is 2.00 bits per heavy atom. The molecule has 0 unspecified atom stereocenters. The second-order valence-corrected chi connectivity index (χ2v) is 7.95. The Morgan fingerprint density at radius 3 is 2.75 bits per heavy atom. The van der Waals surface area contributed by atoms with E-state index >= 15 is 0 Å². The van der Waals surface area contributed by atoms with E-state index in [1.807, 2.05) is 36.4 Å². The van der Waals surface area contributed by atoms with Crippen molar-refractivity contribution in [1.29, 1.82) is 0 Å². The van der Waals surface area contributed by atoms with Crippen molar-refractivity contribution in [3.63, 3.8) is 0 Å². The normalized spacial score (nSPS) is 14.4. The van der Waals surface area contributed by atoms with E-state index < -0.39 is 0 Å². The number of amides is 1. The number of likely N-dealkylation sites (N-methyl/N-ethyl adjacent to an activating group) is 1. The number of aromatic nitrogens is 1. The van der Waals surface area contributed by atoms with Crippen LogP contribution in [0.1, 0.15) is 28.8 Å². The molecule has 4 rings (SSSR count). The summed E-state index contributed by atoms with van der Waals surface area (Å²) in [5.41, 5.74) is 2.47. The zero-order valence-electron chi connectivity index (χ0n) is 18.3. The Balaban J connectivity index is 1.24. The summed E-state index contributed by atoms with van der Waals surface area (Å²) < 4.78 is 16.7. The van der Waals surface area contributed by atoms with Crippen molar-refractivity contribution in [2.75, 3.05) is 33.4 Å². The molecule has 2 aromatic carbocycles. The van der Waals surface area contributed by atoms with Gasteiger partial charge in [0.25, 0.3) is 5.91 Å². The quantitative estimate of drug-likeness (QED) is 0.552. The van der Waals surface area contributed by atoms with Gasteiger partial charge in [0.05, 0.1) is 6.20 Å². The van der Waals surface area contributed by atoms with Crippen LogP contribution in [0.25, 0.3) is 11.3 Å². The maximum absolute atomic E-state index is 12.5. The van der Waals surface area contributed by atoms with Gasteiger partial charge in [-0.25, -0.2) is 4.98 Å². The predicted octanol–water partition coefficient (Wildman–Crippen LogP) is 3.76. The highest BCUT2D eigenvalue weighted by Crippen LogP contribution is 2.19. The summed E-state index contributed by atoms with van der Waals surface area (Å²) in [6, 6.07) is 15.7. The maximum Gasteiger partial charge on any atom is 0.251 e. The van der Waals surface area contributed by atoms with Gasteiger partial charge in [0.1, 0.15) is 12.4 Å². The number of nitrogens with one attached hydrogen (secondary N) is 1. The van der Waals surface area contributed by atoms with Gasteiger partial charge >= 0.3 is 0 Å². The molecule has 1 saturated heterocycles. The number of hydrogen-bond donors (Lipinski definition) is 1. The Morgan fingerprint density at radius 1 is 1.19 bits per heavy atom. The molecule has 0 aliphatic carbocycles. The van der Waals surface area contributed by atoms with Crippen LogP contribution in [0.2, 0.25) is 0 Å². The molecule has 32 heavy (non-hydrogen) atoms. The van der Waals surface area contributed by atoms with E-state index in [0.29, 0.717) is 30.5 Å². The molecule has 1 aromatic heterocycles. The van der Waals surface area contributed by atoms with Gasteiger partial charge in [0.15, 0.2) is 12.2 Å². The van der Waals surface area contributed by atoms with Gasteiger partial charge < -0.3 is 19.2 Å². The zero-order chi connectivity index (χ0) is 22.2. The highest BCUT2D eigenvalue weighted by molar-refractivity contribution is 5.94. The Kier molecular flexibility index (Phi) is 7.53. The van der Waals surface area contributed by atoms with E-state index in [9.17, 15) is 4.79 Å². The number of oxazole rings is 1. The van der Waals surface area contributed by atoms with Crippen LogP contribution in [0.15, 0.2) is 65.5 Å². The topological polar surface area (TPSA) is 76.8 Å². The van der Waals surface area contributed by atoms with Gasteiger partial charge in [-0.2, -0.15) is 0 Å². The molecule has 168 valence electrons. The van der Waals surface area contributed by atoms with Crippen LogP contribution in [0, 0.1) is 0 Å². The fraction of sp³-hybridized carbons (Fsp3) is 0.360. The average Bonchev–Trinajstić information content (AvgIpc) is 3.38. The summed E-state index contributed by atoms with van der Waals surface area (Å²) in [4.78, 5) is 18.8. The molecule has 1 amide bonds. The second-order valence-electron chi connectivity index (χ2n) is 7.95. The summed E-state index contributed by atoms with van der Waals surface area (Å²) >= 11 is 0. The van der Waals surface area contributed by atoms with Crippen LogP contribution in [-0.2, 0) is 11.3 Å². The minimum Gasteiger partial charge on any atom is -0.492 e. The number of ether oxygens (including phenoxy) is 2. The fourth-order valence-corrected chi connectivity index (χ4v) is 3.79. The van der Waals surface area contributed by atoms with E-state index in [2.05, 4.69) is 22.2 Å². The van der Waals surface area contributed by atoms with Gasteiger partial charge in [-0.05, 0) is 49.7 Å². The SMILES string of the molecule is CN(CCOc1cccc(CNC(=O)c2ccc(-c3cnco3)cc2)c1)C1CCOCC1. The number of hydrogen-bond acceptors (Lipinski definition) is 6. The van der Waals surface area contributed by atoms with Crippen molar-refractivity contribution in [3.8, 4) is 17.1 Å². The highest BCUT2D eigenvalue weighted by Gasteiger charge is 2.18. The molecule has 1 aliphatic rings. The van der Waals surface area contributed by atoms with Gasteiger partial charge in [-0.15, -0.1) is 0 Å². The molecule has 0 radical (unpaired) electrons. The summed E-state index contributed by atoms with van der Waals surface area (Å²) in [7, 11) is 2.14. The summed E-state index contributed by atoms with van der Waals surface area (Å²) in [5.74, 6) is 1.36. The molecule has 0 saturated carbocycles. The fourth-order valence-electron chi connectivity index (χ4n) is 3.79. The first-order valence-corrected chi connectivity index (χ1v) is 11.0. The Bertz CT molecular complexity index is 983. The van der Waals surface area contributed by atoms with Crippen molar-refractivity contribution in [3.05, 3.63) is 72.2 Å². The molecule has 7 nitrogen and oxygen atoms in total.